The van der Waals surface area contributed by atoms with E-state index in [-0.39, 0.29) is 22.9 Å². The third-order valence-electron chi connectivity index (χ3n) is 4.77. The van der Waals surface area contributed by atoms with Crippen molar-refractivity contribution in [1.82, 2.24) is 35.6 Å². The zero-order valence-corrected chi connectivity index (χ0v) is 16.0. The Morgan fingerprint density at radius 2 is 2.07 bits per heavy atom. The minimum Gasteiger partial charge on any atom is -0.378 e. The van der Waals surface area contributed by atoms with Crippen LogP contribution in [0.25, 0.3) is 5.82 Å². The molecule has 3 N–H and O–H groups in total. The minimum atomic E-state index is -0.587. The summed E-state index contributed by atoms with van der Waals surface area (Å²) >= 11 is 0. The molecule has 0 saturated carbocycles. The molecule has 1 saturated heterocycles. The van der Waals surface area contributed by atoms with Gasteiger partial charge in [-0.2, -0.15) is 9.78 Å². The van der Waals surface area contributed by atoms with Crippen LogP contribution >= 0.6 is 0 Å². The minimum absolute atomic E-state index is 0.0318. The number of hydrogen-bond donors (Lipinski definition) is 2. The highest BCUT2D eigenvalue weighted by Gasteiger charge is 2.26. The van der Waals surface area contributed by atoms with Gasteiger partial charge in [0.25, 0.3) is 5.91 Å². The number of piperidine rings is 1. The Balaban J connectivity index is 1.58. The van der Waals surface area contributed by atoms with Gasteiger partial charge in [0.2, 0.25) is 11.6 Å². The molecule has 0 bridgehead atoms. The van der Waals surface area contributed by atoms with Gasteiger partial charge in [0.1, 0.15) is 5.82 Å². The molecule has 3 aromatic rings. The van der Waals surface area contributed by atoms with E-state index in [2.05, 4.69) is 40.7 Å². The van der Waals surface area contributed by atoms with Gasteiger partial charge in [0.15, 0.2) is 5.69 Å². The van der Waals surface area contributed by atoms with Crippen LogP contribution < -0.4 is 11.2 Å². The second-order valence-electron chi connectivity index (χ2n) is 6.83. The van der Waals surface area contributed by atoms with E-state index in [1.165, 1.54) is 23.4 Å². The molecule has 1 fully saturated rings. The normalized spacial score (nSPS) is 15.0. The number of hydrogen-bond acceptors (Lipinski definition) is 9. The maximum atomic E-state index is 13.7. The summed E-state index contributed by atoms with van der Waals surface area (Å²) in [5.74, 6) is -0.843. The van der Waals surface area contributed by atoms with Crippen molar-refractivity contribution in [3.63, 3.8) is 0 Å². The second-order valence-corrected chi connectivity index (χ2v) is 6.83. The largest absolute Gasteiger partial charge is 0.378 e. The van der Waals surface area contributed by atoms with E-state index in [4.69, 9.17) is 5.73 Å². The number of aromatic nitrogens is 5. The van der Waals surface area contributed by atoms with Crippen LogP contribution in [0.3, 0.4) is 0 Å². The zero-order chi connectivity index (χ0) is 20.9. The van der Waals surface area contributed by atoms with Crippen LogP contribution in [0.4, 0.5) is 10.2 Å². The number of nitrogen functional groups attached to an aromatic ring is 1. The number of likely N-dealkylation sites (tertiary alicyclic amines) is 1. The first-order valence-corrected chi connectivity index (χ1v) is 9.47. The number of carbonyl (C=O) groups is 1. The Morgan fingerprint density at radius 3 is 2.80 bits per heavy atom. The lowest BCUT2D eigenvalue weighted by atomic mass is 10.1. The van der Waals surface area contributed by atoms with Crippen molar-refractivity contribution >= 4 is 17.9 Å². The molecule has 0 spiro atoms. The number of halogens is 1. The molecule has 0 atom stereocenters. The Bertz CT molecular complexity index is 1060. The lowest BCUT2D eigenvalue weighted by Crippen LogP contribution is -2.31. The monoisotopic (exact) mass is 413 g/mol. The highest BCUT2D eigenvalue weighted by molar-refractivity contribution is 5.94. The maximum Gasteiger partial charge on any atom is 0.293 e. The van der Waals surface area contributed by atoms with E-state index in [0.717, 1.165) is 25.9 Å². The van der Waals surface area contributed by atoms with Gasteiger partial charge in [-0.15, -0.1) is 5.10 Å². The number of benzene rings is 1. The van der Waals surface area contributed by atoms with Gasteiger partial charge < -0.3 is 5.73 Å². The van der Waals surface area contributed by atoms with Crippen molar-refractivity contribution in [2.24, 2.45) is 5.10 Å². The molecule has 1 aliphatic heterocycles. The Hall–Kier alpha value is -3.67. The lowest BCUT2D eigenvalue weighted by molar-refractivity contribution is 0.0947. The molecule has 3 heterocycles. The van der Waals surface area contributed by atoms with Crippen LogP contribution in [0.2, 0.25) is 0 Å². The first-order valence-electron chi connectivity index (χ1n) is 9.47. The van der Waals surface area contributed by atoms with Crippen LogP contribution in [0.15, 0.2) is 34.0 Å². The third-order valence-corrected chi connectivity index (χ3v) is 4.77. The number of nitrogens with one attached hydrogen (secondary N) is 1. The number of rotatable bonds is 6. The van der Waals surface area contributed by atoms with Crippen molar-refractivity contribution in [3.8, 4) is 5.82 Å². The zero-order valence-electron chi connectivity index (χ0n) is 16.0. The summed E-state index contributed by atoms with van der Waals surface area (Å²) in [7, 11) is 0. The summed E-state index contributed by atoms with van der Waals surface area (Å²) in [6, 6.07) is 6.09. The van der Waals surface area contributed by atoms with E-state index in [0.29, 0.717) is 12.2 Å². The van der Waals surface area contributed by atoms with E-state index < -0.39 is 11.7 Å². The van der Waals surface area contributed by atoms with Crippen LogP contribution in [0, 0.1) is 5.82 Å². The fourth-order valence-electron chi connectivity index (χ4n) is 3.25. The van der Waals surface area contributed by atoms with Crippen molar-refractivity contribution < 1.29 is 13.8 Å². The fraction of sp³-hybridized carbons (Fsp3) is 0.333. The number of carbonyl (C=O) groups excluding carboxylic acids is 1. The van der Waals surface area contributed by atoms with Crippen LogP contribution in [0.5, 0.6) is 0 Å². The average Bonchev–Trinajstić information content (AvgIpc) is 3.36. The Kier molecular flexibility index (Phi) is 5.75. The summed E-state index contributed by atoms with van der Waals surface area (Å²) in [5, 5.41) is 19.1. The summed E-state index contributed by atoms with van der Waals surface area (Å²) < 4.78 is 19.7. The number of amides is 1. The molecule has 30 heavy (non-hydrogen) atoms. The van der Waals surface area contributed by atoms with Gasteiger partial charge in [0, 0.05) is 12.1 Å². The molecular formula is C18H20FN9O2. The first kappa shape index (κ1) is 19.6. The molecule has 1 aliphatic rings. The molecule has 11 nitrogen and oxygen atoms in total. The van der Waals surface area contributed by atoms with Crippen molar-refractivity contribution in [1.29, 1.82) is 0 Å². The number of anilines is 1. The Labute approximate surface area is 170 Å². The van der Waals surface area contributed by atoms with Gasteiger partial charge in [-0.25, -0.2) is 14.4 Å². The van der Waals surface area contributed by atoms with Crippen LogP contribution in [-0.2, 0) is 6.54 Å². The van der Waals surface area contributed by atoms with E-state index >= 15 is 0 Å². The highest BCUT2D eigenvalue weighted by atomic mass is 19.1. The van der Waals surface area contributed by atoms with E-state index in [1.807, 2.05) is 0 Å². The van der Waals surface area contributed by atoms with Gasteiger partial charge >= 0.3 is 0 Å². The smallest absolute Gasteiger partial charge is 0.293 e. The SMILES string of the molecule is Nc1nonc1-n1nnc(C(=O)NN=Cc2ccccc2F)c1CN1CCCCC1. The predicted molar refractivity (Wildman–Crippen MR) is 104 cm³/mol. The second kappa shape index (κ2) is 8.78. The maximum absolute atomic E-state index is 13.7. The number of nitrogens with zero attached hydrogens (tertiary/aromatic N) is 7. The molecule has 2 aromatic heterocycles. The molecule has 1 aromatic carbocycles. The van der Waals surface area contributed by atoms with Gasteiger partial charge in [-0.05, 0) is 42.3 Å². The highest BCUT2D eigenvalue weighted by Crippen LogP contribution is 2.19. The summed E-state index contributed by atoms with van der Waals surface area (Å²) in [4.78, 5) is 14.9. The number of hydrazone groups is 1. The summed E-state index contributed by atoms with van der Waals surface area (Å²) in [5.41, 5.74) is 8.95. The van der Waals surface area contributed by atoms with Crippen LogP contribution in [-0.4, -0.2) is 55.4 Å². The molecule has 156 valence electrons. The molecule has 12 heteroatoms. The summed E-state index contributed by atoms with van der Waals surface area (Å²) in [6.45, 7) is 2.20. The van der Waals surface area contributed by atoms with Crippen molar-refractivity contribution in [2.75, 3.05) is 18.8 Å². The van der Waals surface area contributed by atoms with E-state index in [9.17, 15) is 9.18 Å². The molecule has 0 unspecified atom stereocenters. The molecule has 0 radical (unpaired) electrons. The van der Waals surface area contributed by atoms with Gasteiger partial charge in [-0.1, -0.05) is 29.8 Å². The molecule has 1 amide bonds. The Morgan fingerprint density at radius 1 is 1.27 bits per heavy atom. The van der Waals surface area contributed by atoms with Gasteiger partial charge in [0.05, 0.1) is 11.9 Å². The number of nitrogens with two attached hydrogens (primary N) is 1. The van der Waals surface area contributed by atoms with Crippen molar-refractivity contribution in [2.45, 2.75) is 25.8 Å². The standard InChI is InChI=1S/C18H20FN9O2/c19-13-7-3-2-6-12(13)10-21-23-18(29)15-14(11-27-8-4-1-5-9-27)28(26-22-15)17-16(20)24-30-25-17/h2-3,6-7,10H,1,4-5,8-9,11H2,(H2,20,24)(H,23,29). The molecule has 4 rings (SSSR count). The molecule has 0 aliphatic carbocycles. The first-order chi connectivity index (χ1) is 14.6. The van der Waals surface area contributed by atoms with Crippen molar-refractivity contribution in [3.05, 3.63) is 47.0 Å². The quantitative estimate of drug-likeness (QED) is 0.452. The predicted octanol–water partition coefficient (Wildman–Crippen LogP) is 1.12. The average molecular weight is 413 g/mol. The topological polar surface area (TPSA) is 140 Å². The molecular weight excluding hydrogens is 393 g/mol. The van der Waals surface area contributed by atoms with Crippen LogP contribution in [0.1, 0.15) is 41.0 Å². The lowest BCUT2D eigenvalue weighted by Gasteiger charge is -2.26. The third kappa shape index (κ3) is 4.17. The summed E-state index contributed by atoms with van der Waals surface area (Å²) in [6.07, 6.45) is 4.54. The fourth-order valence-corrected chi connectivity index (χ4v) is 3.25. The van der Waals surface area contributed by atoms with E-state index in [1.54, 1.807) is 18.2 Å². The van der Waals surface area contributed by atoms with Gasteiger partial charge in [-0.3, -0.25) is 9.69 Å².